The van der Waals surface area contributed by atoms with Gasteiger partial charge in [-0.3, -0.25) is 4.79 Å². The lowest BCUT2D eigenvalue weighted by Gasteiger charge is -2.03. The van der Waals surface area contributed by atoms with E-state index in [4.69, 9.17) is 16.6 Å². The molecule has 17 heavy (non-hydrogen) atoms. The smallest absolute Gasteiger partial charge is 0.254 e. The Hall–Kier alpha value is -1.88. The molecule has 0 bridgehead atoms. The van der Waals surface area contributed by atoms with Gasteiger partial charge in [0, 0.05) is 19.2 Å². The number of furan rings is 1. The van der Waals surface area contributed by atoms with Crippen molar-refractivity contribution >= 4 is 18.1 Å². The number of aromatic nitrogens is 1. The first-order valence-electron chi connectivity index (χ1n) is 5.25. The standard InChI is InChI=1S/C12H12N2O2S/c15-11(10-4-1-6-14-12(10)17)13-7-5-9-3-2-8-16-9/h1-4,6,8H,5,7H2,(H,13,15)(H,14,17). The van der Waals surface area contributed by atoms with Gasteiger partial charge < -0.3 is 14.7 Å². The van der Waals surface area contributed by atoms with Crippen LogP contribution in [-0.4, -0.2) is 17.4 Å². The molecule has 0 aromatic carbocycles. The zero-order chi connectivity index (χ0) is 12.1. The Morgan fingerprint density at radius 3 is 3.00 bits per heavy atom. The highest BCUT2D eigenvalue weighted by molar-refractivity contribution is 7.71. The average molecular weight is 248 g/mol. The van der Waals surface area contributed by atoms with Gasteiger partial charge in [-0.1, -0.05) is 12.2 Å². The Morgan fingerprint density at radius 1 is 1.41 bits per heavy atom. The fourth-order valence-corrected chi connectivity index (χ4v) is 1.68. The molecular formula is C12H12N2O2S. The molecule has 2 rings (SSSR count). The topological polar surface area (TPSA) is 58.0 Å². The Kier molecular flexibility index (Phi) is 3.72. The zero-order valence-corrected chi connectivity index (χ0v) is 9.92. The molecule has 0 saturated carbocycles. The van der Waals surface area contributed by atoms with Crippen LogP contribution in [0.4, 0.5) is 0 Å². The van der Waals surface area contributed by atoms with Crippen LogP contribution in [0.25, 0.3) is 0 Å². The van der Waals surface area contributed by atoms with Crippen LogP contribution in [0.2, 0.25) is 0 Å². The van der Waals surface area contributed by atoms with Crippen molar-refractivity contribution in [3.8, 4) is 0 Å². The molecule has 2 aromatic heterocycles. The van der Waals surface area contributed by atoms with E-state index in [1.165, 1.54) is 0 Å². The molecule has 2 N–H and O–H groups in total. The van der Waals surface area contributed by atoms with Gasteiger partial charge in [0.2, 0.25) is 0 Å². The minimum absolute atomic E-state index is 0.168. The van der Waals surface area contributed by atoms with Crippen molar-refractivity contribution in [1.29, 1.82) is 0 Å². The largest absolute Gasteiger partial charge is 0.469 e. The van der Waals surface area contributed by atoms with Crippen LogP contribution >= 0.6 is 12.2 Å². The van der Waals surface area contributed by atoms with E-state index in [-0.39, 0.29) is 5.91 Å². The summed E-state index contributed by atoms with van der Waals surface area (Å²) < 4.78 is 5.61. The number of carbonyl (C=O) groups excluding carboxylic acids is 1. The molecule has 0 atom stereocenters. The van der Waals surface area contributed by atoms with E-state index in [9.17, 15) is 4.79 Å². The lowest BCUT2D eigenvalue weighted by molar-refractivity contribution is 0.0953. The molecule has 4 nitrogen and oxygen atoms in total. The molecule has 0 saturated heterocycles. The van der Waals surface area contributed by atoms with Crippen molar-refractivity contribution in [2.75, 3.05) is 6.54 Å². The summed E-state index contributed by atoms with van der Waals surface area (Å²) >= 11 is 5.02. The Bertz CT molecular complexity index is 546. The quantitative estimate of drug-likeness (QED) is 0.816. The molecule has 5 heteroatoms. The summed E-state index contributed by atoms with van der Waals surface area (Å²) in [7, 11) is 0. The van der Waals surface area contributed by atoms with Crippen LogP contribution in [0.3, 0.4) is 0 Å². The first-order chi connectivity index (χ1) is 8.27. The second kappa shape index (κ2) is 5.45. The number of amides is 1. The van der Waals surface area contributed by atoms with E-state index in [1.54, 1.807) is 24.6 Å². The molecule has 2 heterocycles. The van der Waals surface area contributed by atoms with Gasteiger partial charge in [0.25, 0.3) is 5.91 Å². The number of hydrogen-bond donors (Lipinski definition) is 2. The molecule has 0 fully saturated rings. The summed E-state index contributed by atoms with van der Waals surface area (Å²) in [6.45, 7) is 0.524. The molecular weight excluding hydrogens is 236 g/mol. The van der Waals surface area contributed by atoms with Gasteiger partial charge in [-0.15, -0.1) is 0 Å². The maximum atomic E-state index is 11.8. The summed E-state index contributed by atoms with van der Waals surface area (Å²) in [6.07, 6.45) is 3.98. The zero-order valence-electron chi connectivity index (χ0n) is 9.10. The van der Waals surface area contributed by atoms with Crippen molar-refractivity contribution in [2.45, 2.75) is 6.42 Å². The van der Waals surface area contributed by atoms with E-state index >= 15 is 0 Å². The highest BCUT2D eigenvalue weighted by atomic mass is 32.1. The van der Waals surface area contributed by atoms with Crippen LogP contribution in [0, 0.1) is 4.64 Å². The number of nitrogens with one attached hydrogen (secondary N) is 2. The van der Waals surface area contributed by atoms with Gasteiger partial charge in [-0.2, -0.15) is 0 Å². The molecule has 1 amide bonds. The number of H-pyrrole nitrogens is 1. The highest BCUT2D eigenvalue weighted by Gasteiger charge is 2.06. The van der Waals surface area contributed by atoms with Crippen molar-refractivity contribution in [1.82, 2.24) is 10.3 Å². The minimum Gasteiger partial charge on any atom is -0.469 e. The average Bonchev–Trinajstić information content (AvgIpc) is 2.82. The van der Waals surface area contributed by atoms with Crippen LogP contribution in [0.1, 0.15) is 16.1 Å². The number of carbonyl (C=O) groups is 1. The Balaban J connectivity index is 1.90. The SMILES string of the molecule is O=C(NCCc1ccco1)c1ccc[nH]c1=S. The number of pyridine rings is 1. The summed E-state index contributed by atoms with van der Waals surface area (Å²) in [5, 5.41) is 2.79. The van der Waals surface area contributed by atoms with E-state index in [0.29, 0.717) is 23.2 Å². The van der Waals surface area contributed by atoms with E-state index in [0.717, 1.165) is 5.76 Å². The van der Waals surface area contributed by atoms with E-state index in [2.05, 4.69) is 10.3 Å². The summed E-state index contributed by atoms with van der Waals surface area (Å²) in [4.78, 5) is 14.6. The van der Waals surface area contributed by atoms with Gasteiger partial charge in [0.1, 0.15) is 10.4 Å². The van der Waals surface area contributed by atoms with Crippen LogP contribution in [0.5, 0.6) is 0 Å². The molecule has 0 radical (unpaired) electrons. The number of aromatic amines is 1. The van der Waals surface area contributed by atoms with E-state index in [1.807, 2.05) is 12.1 Å². The third kappa shape index (κ3) is 3.04. The van der Waals surface area contributed by atoms with Gasteiger partial charge in [-0.05, 0) is 24.3 Å². The van der Waals surface area contributed by atoms with Gasteiger partial charge in [0.15, 0.2) is 0 Å². The molecule has 0 aliphatic rings. The fraction of sp³-hybridized carbons (Fsp3) is 0.167. The van der Waals surface area contributed by atoms with Crippen LogP contribution in [0.15, 0.2) is 41.1 Å². The Morgan fingerprint density at radius 2 is 2.29 bits per heavy atom. The van der Waals surface area contributed by atoms with Crippen LogP contribution in [-0.2, 0) is 6.42 Å². The fourth-order valence-electron chi connectivity index (χ4n) is 1.45. The summed E-state index contributed by atoms with van der Waals surface area (Å²) in [5.74, 6) is 0.682. The lowest BCUT2D eigenvalue weighted by atomic mass is 10.2. The summed E-state index contributed by atoms with van der Waals surface area (Å²) in [5.41, 5.74) is 0.488. The number of rotatable bonds is 4. The molecule has 2 aromatic rings. The van der Waals surface area contributed by atoms with Crippen molar-refractivity contribution in [3.63, 3.8) is 0 Å². The predicted octanol–water partition coefficient (Wildman–Crippen LogP) is 2.31. The first-order valence-corrected chi connectivity index (χ1v) is 5.66. The third-order valence-corrected chi connectivity index (χ3v) is 2.64. The predicted molar refractivity (Wildman–Crippen MR) is 66.4 cm³/mol. The first kappa shape index (κ1) is 11.6. The second-order valence-electron chi connectivity index (χ2n) is 3.50. The highest BCUT2D eigenvalue weighted by Crippen LogP contribution is 2.01. The Labute approximate surface area is 104 Å². The lowest BCUT2D eigenvalue weighted by Crippen LogP contribution is -2.26. The molecule has 0 aliphatic heterocycles. The molecule has 0 spiro atoms. The van der Waals surface area contributed by atoms with Gasteiger partial charge >= 0.3 is 0 Å². The van der Waals surface area contributed by atoms with Gasteiger partial charge in [-0.25, -0.2) is 0 Å². The van der Waals surface area contributed by atoms with Crippen molar-refractivity contribution in [2.24, 2.45) is 0 Å². The normalized spacial score (nSPS) is 10.1. The van der Waals surface area contributed by atoms with Crippen LogP contribution < -0.4 is 5.32 Å². The molecule has 0 aliphatic carbocycles. The molecule has 0 unspecified atom stereocenters. The minimum atomic E-state index is -0.168. The third-order valence-electron chi connectivity index (χ3n) is 2.30. The maximum absolute atomic E-state index is 11.8. The van der Waals surface area contributed by atoms with Crippen molar-refractivity contribution in [3.05, 3.63) is 52.7 Å². The number of hydrogen-bond acceptors (Lipinski definition) is 3. The van der Waals surface area contributed by atoms with Crippen molar-refractivity contribution < 1.29 is 9.21 Å². The summed E-state index contributed by atoms with van der Waals surface area (Å²) in [6, 6.07) is 7.14. The molecule has 88 valence electrons. The maximum Gasteiger partial charge on any atom is 0.254 e. The van der Waals surface area contributed by atoms with E-state index < -0.39 is 0 Å². The second-order valence-corrected chi connectivity index (χ2v) is 3.91. The van der Waals surface area contributed by atoms with Gasteiger partial charge in [0.05, 0.1) is 11.8 Å². The monoisotopic (exact) mass is 248 g/mol.